The summed E-state index contributed by atoms with van der Waals surface area (Å²) in [6.45, 7) is -0.0679. The molecule has 0 bridgehead atoms. The molecule has 0 radical (unpaired) electrons. The van der Waals surface area contributed by atoms with E-state index in [1.54, 1.807) is 0 Å². The average Bonchev–Trinajstić information content (AvgIpc) is 2.38. The van der Waals surface area contributed by atoms with Gasteiger partial charge in [-0.25, -0.2) is 13.8 Å². The Morgan fingerprint density at radius 3 is 2.75 bits per heavy atom. The second-order valence-electron chi connectivity index (χ2n) is 3.87. The molecule has 0 saturated carbocycles. The van der Waals surface area contributed by atoms with Gasteiger partial charge in [0.05, 0.1) is 9.95 Å². The third kappa shape index (κ3) is 3.18. The summed E-state index contributed by atoms with van der Waals surface area (Å²) in [5, 5.41) is 13.6. The van der Waals surface area contributed by atoms with Crippen LogP contribution in [0.5, 0.6) is 0 Å². The molecule has 20 heavy (non-hydrogen) atoms. The van der Waals surface area contributed by atoms with Crippen LogP contribution in [0, 0.1) is 21.7 Å². The van der Waals surface area contributed by atoms with E-state index < -0.39 is 16.6 Å². The molecular weight excluding hydrogens is 292 g/mol. The Balaban J connectivity index is 2.20. The Morgan fingerprint density at radius 2 is 2.10 bits per heavy atom. The van der Waals surface area contributed by atoms with Gasteiger partial charge in [0.15, 0.2) is 0 Å². The molecule has 1 heterocycles. The van der Waals surface area contributed by atoms with E-state index in [0.717, 1.165) is 18.2 Å². The van der Waals surface area contributed by atoms with Crippen LogP contribution in [-0.2, 0) is 6.54 Å². The fourth-order valence-corrected chi connectivity index (χ4v) is 1.70. The van der Waals surface area contributed by atoms with Crippen LogP contribution in [0.1, 0.15) is 5.56 Å². The van der Waals surface area contributed by atoms with Gasteiger partial charge in [-0.3, -0.25) is 10.1 Å². The van der Waals surface area contributed by atoms with Crippen LogP contribution in [0.3, 0.4) is 0 Å². The Morgan fingerprint density at radius 1 is 1.35 bits per heavy atom. The quantitative estimate of drug-likeness (QED) is 0.692. The number of rotatable bonds is 4. The maximum atomic E-state index is 13.4. The van der Waals surface area contributed by atoms with E-state index in [1.165, 1.54) is 12.3 Å². The zero-order valence-electron chi connectivity index (χ0n) is 9.94. The monoisotopic (exact) mass is 299 g/mol. The summed E-state index contributed by atoms with van der Waals surface area (Å²) >= 11 is 5.62. The van der Waals surface area contributed by atoms with Gasteiger partial charge in [-0.2, -0.15) is 0 Å². The minimum atomic E-state index is -0.742. The molecule has 104 valence electrons. The lowest BCUT2D eigenvalue weighted by Gasteiger charge is -2.07. The van der Waals surface area contributed by atoms with Crippen LogP contribution in [0.4, 0.5) is 20.3 Å². The van der Waals surface area contributed by atoms with E-state index in [0.29, 0.717) is 0 Å². The first-order valence-corrected chi connectivity index (χ1v) is 5.83. The number of nitro groups is 1. The first-order valence-electron chi connectivity index (χ1n) is 5.45. The Bertz CT molecular complexity index is 667. The number of hydrogen-bond acceptors (Lipinski definition) is 4. The number of nitrogens with one attached hydrogen (secondary N) is 1. The highest BCUT2D eigenvalue weighted by Crippen LogP contribution is 2.25. The topological polar surface area (TPSA) is 68.1 Å². The Labute approximate surface area is 117 Å². The lowest BCUT2D eigenvalue weighted by atomic mass is 10.2. The van der Waals surface area contributed by atoms with Crippen LogP contribution >= 0.6 is 11.6 Å². The van der Waals surface area contributed by atoms with Crippen molar-refractivity contribution >= 4 is 23.1 Å². The van der Waals surface area contributed by atoms with Crippen LogP contribution in [-0.4, -0.2) is 9.91 Å². The smallest absolute Gasteiger partial charge is 0.312 e. The van der Waals surface area contributed by atoms with Crippen molar-refractivity contribution in [2.24, 2.45) is 0 Å². The van der Waals surface area contributed by atoms with Crippen molar-refractivity contribution in [3.05, 3.63) is 62.8 Å². The van der Waals surface area contributed by atoms with E-state index in [9.17, 15) is 18.9 Å². The molecule has 0 aliphatic carbocycles. The van der Waals surface area contributed by atoms with Crippen molar-refractivity contribution in [1.29, 1.82) is 0 Å². The maximum absolute atomic E-state index is 13.4. The van der Waals surface area contributed by atoms with Gasteiger partial charge in [0.25, 0.3) is 0 Å². The molecule has 0 spiro atoms. The lowest BCUT2D eigenvalue weighted by Crippen LogP contribution is -2.06. The van der Waals surface area contributed by atoms with Gasteiger partial charge >= 0.3 is 5.69 Å². The Hall–Kier alpha value is -2.28. The largest absolute Gasteiger partial charge is 0.360 e. The molecule has 0 fully saturated rings. The summed E-state index contributed by atoms with van der Waals surface area (Å²) in [6, 6.07) is 4.22. The summed E-state index contributed by atoms with van der Waals surface area (Å²) < 4.78 is 26.2. The number of pyridine rings is 1. The van der Waals surface area contributed by atoms with Crippen molar-refractivity contribution in [2.75, 3.05) is 5.32 Å². The maximum Gasteiger partial charge on any atom is 0.312 e. The highest BCUT2D eigenvalue weighted by atomic mass is 35.5. The van der Waals surface area contributed by atoms with Gasteiger partial charge in [-0.05, 0) is 6.07 Å². The number of benzene rings is 1. The molecule has 1 aromatic carbocycles. The van der Waals surface area contributed by atoms with Gasteiger partial charge in [0.1, 0.15) is 11.6 Å². The highest BCUT2D eigenvalue weighted by molar-refractivity contribution is 6.30. The molecule has 5 nitrogen and oxygen atoms in total. The van der Waals surface area contributed by atoms with Crippen molar-refractivity contribution < 1.29 is 13.7 Å². The molecule has 0 amide bonds. The average molecular weight is 300 g/mol. The number of anilines is 1. The Kier molecular flexibility index (Phi) is 4.09. The molecule has 0 aliphatic heterocycles. The van der Waals surface area contributed by atoms with E-state index >= 15 is 0 Å². The van der Waals surface area contributed by atoms with E-state index in [-0.39, 0.29) is 28.6 Å². The van der Waals surface area contributed by atoms with Crippen LogP contribution in [0.15, 0.2) is 30.5 Å². The van der Waals surface area contributed by atoms with Gasteiger partial charge in [-0.1, -0.05) is 17.7 Å². The second kappa shape index (κ2) is 5.79. The summed E-state index contributed by atoms with van der Waals surface area (Å²) in [5.41, 5.74) is -0.155. The molecule has 2 aromatic rings. The van der Waals surface area contributed by atoms with E-state index in [1.807, 2.05) is 0 Å². The van der Waals surface area contributed by atoms with E-state index in [4.69, 9.17) is 11.6 Å². The third-order valence-electron chi connectivity index (χ3n) is 2.49. The zero-order chi connectivity index (χ0) is 14.7. The molecule has 0 aliphatic rings. The molecule has 1 aromatic heterocycles. The molecule has 0 saturated heterocycles. The van der Waals surface area contributed by atoms with Gasteiger partial charge < -0.3 is 5.32 Å². The van der Waals surface area contributed by atoms with Crippen LogP contribution < -0.4 is 5.32 Å². The van der Waals surface area contributed by atoms with Gasteiger partial charge in [-0.15, -0.1) is 0 Å². The second-order valence-corrected chi connectivity index (χ2v) is 4.30. The fraction of sp³-hybridized carbons (Fsp3) is 0.0833. The molecule has 2 rings (SSSR count). The highest BCUT2D eigenvalue weighted by Gasteiger charge is 2.16. The predicted octanol–water partition coefficient (Wildman–Crippen LogP) is 3.53. The molecule has 0 atom stereocenters. The summed E-state index contributed by atoms with van der Waals surface area (Å²) in [4.78, 5) is 14.0. The zero-order valence-corrected chi connectivity index (χ0v) is 10.7. The number of hydrogen-bond donors (Lipinski definition) is 1. The van der Waals surface area contributed by atoms with Crippen LogP contribution in [0.2, 0.25) is 5.02 Å². The molecule has 1 N–H and O–H groups in total. The SMILES string of the molecule is O=[N+]([O-])c1cc(Cl)cnc1NCc1ccc(F)cc1F. The summed E-state index contributed by atoms with van der Waals surface area (Å²) in [7, 11) is 0. The van der Waals surface area contributed by atoms with Crippen molar-refractivity contribution in [3.8, 4) is 0 Å². The van der Waals surface area contributed by atoms with Gasteiger partial charge in [0.2, 0.25) is 5.82 Å². The van der Waals surface area contributed by atoms with Crippen molar-refractivity contribution in [2.45, 2.75) is 6.54 Å². The fourth-order valence-electron chi connectivity index (χ4n) is 1.55. The minimum absolute atomic E-state index is 0.0388. The number of nitrogens with zero attached hydrogens (tertiary/aromatic N) is 2. The number of halogens is 3. The molecule has 0 unspecified atom stereocenters. The minimum Gasteiger partial charge on any atom is -0.360 e. The number of aromatic nitrogens is 1. The summed E-state index contributed by atoms with van der Waals surface area (Å²) in [6.07, 6.45) is 1.23. The van der Waals surface area contributed by atoms with Gasteiger partial charge in [0, 0.05) is 30.4 Å². The van der Waals surface area contributed by atoms with Crippen molar-refractivity contribution in [1.82, 2.24) is 4.98 Å². The lowest BCUT2D eigenvalue weighted by molar-refractivity contribution is -0.384. The first kappa shape index (κ1) is 14.1. The predicted molar refractivity (Wildman–Crippen MR) is 69.6 cm³/mol. The van der Waals surface area contributed by atoms with Crippen molar-refractivity contribution in [3.63, 3.8) is 0 Å². The summed E-state index contributed by atoms with van der Waals surface area (Å²) in [5.74, 6) is -1.47. The first-order chi connectivity index (χ1) is 9.47. The normalized spacial score (nSPS) is 10.3. The van der Waals surface area contributed by atoms with Crippen LogP contribution in [0.25, 0.3) is 0 Å². The molecule has 8 heteroatoms. The molecular formula is C12H8ClF2N3O2. The standard InChI is InChI=1S/C12H8ClF2N3O2/c13-8-3-11(18(19)20)12(17-6-8)16-5-7-1-2-9(14)4-10(7)15/h1-4,6H,5H2,(H,16,17). The van der Waals surface area contributed by atoms with E-state index in [2.05, 4.69) is 10.3 Å². The third-order valence-corrected chi connectivity index (χ3v) is 2.70.